The second-order valence-electron chi connectivity index (χ2n) is 6.08. The van der Waals surface area contributed by atoms with E-state index in [9.17, 15) is 35.1 Å². The summed E-state index contributed by atoms with van der Waals surface area (Å²) in [5.41, 5.74) is -1.69. The number of halogens is 6. The summed E-state index contributed by atoms with van der Waals surface area (Å²) in [5, 5.41) is 4.06. The molecule has 0 radical (unpaired) electrons. The van der Waals surface area contributed by atoms with Crippen molar-refractivity contribution in [2.45, 2.75) is 24.7 Å². The molecule has 30 heavy (non-hydrogen) atoms. The molecule has 1 aromatic carbocycles. The van der Waals surface area contributed by atoms with Crippen LogP contribution in [0.25, 0.3) is 11.4 Å². The quantitative estimate of drug-likeness (QED) is 0.437. The summed E-state index contributed by atoms with van der Waals surface area (Å²) in [6.07, 6.45) is -8.24. The van der Waals surface area contributed by atoms with E-state index < -0.39 is 40.4 Å². The zero-order valence-electron chi connectivity index (χ0n) is 14.7. The van der Waals surface area contributed by atoms with Crippen LogP contribution in [0.2, 0.25) is 0 Å². The highest BCUT2D eigenvalue weighted by Crippen LogP contribution is 2.31. The summed E-state index contributed by atoms with van der Waals surface area (Å²) >= 11 is -2.58. The van der Waals surface area contributed by atoms with Gasteiger partial charge in [0.2, 0.25) is 0 Å². The van der Waals surface area contributed by atoms with E-state index in [1.165, 1.54) is 6.07 Å². The molecule has 6 nitrogen and oxygen atoms in total. The van der Waals surface area contributed by atoms with Gasteiger partial charge in [-0.2, -0.15) is 31.4 Å². The highest BCUT2D eigenvalue weighted by molar-refractivity contribution is 7.78. The highest BCUT2D eigenvalue weighted by Gasteiger charge is 2.32. The van der Waals surface area contributed by atoms with Crippen molar-refractivity contribution in [1.29, 1.82) is 0 Å². The summed E-state index contributed by atoms with van der Waals surface area (Å²) < 4.78 is 99.9. The Kier molecular flexibility index (Phi) is 5.94. The van der Waals surface area contributed by atoms with Crippen LogP contribution in [0.4, 0.5) is 26.3 Å². The Labute approximate surface area is 167 Å². The normalized spacial score (nSPS) is 13.4. The first kappa shape index (κ1) is 21.9. The molecule has 0 saturated heterocycles. The lowest BCUT2D eigenvalue weighted by Crippen LogP contribution is -2.12. The van der Waals surface area contributed by atoms with Gasteiger partial charge in [0.05, 0.1) is 17.9 Å². The largest absolute Gasteiger partial charge is 0.772 e. The molecular weight excluding hydrogens is 438 g/mol. The molecule has 0 aliphatic carbocycles. The highest BCUT2D eigenvalue weighted by atomic mass is 32.2. The van der Waals surface area contributed by atoms with Crippen LogP contribution >= 0.6 is 0 Å². The Hall–Kier alpha value is -2.80. The minimum absolute atomic E-state index is 0.0609. The number of pyridine rings is 1. The molecule has 3 rings (SSSR count). The van der Waals surface area contributed by atoms with Crippen molar-refractivity contribution in [3.8, 4) is 11.4 Å². The molecule has 1 unspecified atom stereocenters. The van der Waals surface area contributed by atoms with Gasteiger partial charge in [-0.1, -0.05) is 12.1 Å². The van der Waals surface area contributed by atoms with E-state index in [-0.39, 0.29) is 29.3 Å². The van der Waals surface area contributed by atoms with Crippen molar-refractivity contribution >= 4 is 11.1 Å². The fraction of sp³-hybridized carbons (Fsp3) is 0.235. The molecule has 0 amide bonds. The van der Waals surface area contributed by atoms with Gasteiger partial charge < -0.3 is 4.55 Å². The predicted octanol–water partition coefficient (Wildman–Crippen LogP) is 3.81. The smallest absolute Gasteiger partial charge is 0.433 e. The minimum atomic E-state index is -4.66. The Bertz CT molecular complexity index is 1060. The van der Waals surface area contributed by atoms with Crippen molar-refractivity contribution in [2.75, 3.05) is 0 Å². The van der Waals surface area contributed by atoms with Gasteiger partial charge in [0.25, 0.3) is 0 Å². The van der Waals surface area contributed by atoms with Crippen molar-refractivity contribution in [3.63, 3.8) is 0 Å². The number of aromatic nitrogens is 4. The molecule has 160 valence electrons. The predicted molar refractivity (Wildman–Crippen MR) is 91.4 cm³/mol. The molecule has 0 saturated carbocycles. The summed E-state index contributed by atoms with van der Waals surface area (Å²) in [7, 11) is 0. The van der Waals surface area contributed by atoms with Gasteiger partial charge in [0, 0.05) is 11.8 Å². The maximum atomic E-state index is 12.8. The third-order valence-corrected chi connectivity index (χ3v) is 4.41. The van der Waals surface area contributed by atoms with Gasteiger partial charge in [-0.05, 0) is 40.9 Å². The molecule has 13 heteroatoms. The minimum Gasteiger partial charge on any atom is -0.772 e. The summed E-state index contributed by atoms with van der Waals surface area (Å²) in [6.45, 7) is -0.244. The fourth-order valence-electron chi connectivity index (χ4n) is 2.54. The van der Waals surface area contributed by atoms with Crippen molar-refractivity contribution in [3.05, 3.63) is 65.2 Å². The zero-order chi connectivity index (χ0) is 22.1. The first-order chi connectivity index (χ1) is 13.9. The zero-order valence-corrected chi connectivity index (χ0v) is 15.6. The molecule has 0 fully saturated rings. The monoisotopic (exact) mass is 449 g/mol. The van der Waals surface area contributed by atoms with E-state index in [1.807, 2.05) is 0 Å². The second kappa shape index (κ2) is 8.14. The van der Waals surface area contributed by atoms with Crippen LogP contribution in [-0.2, 0) is 35.7 Å². The van der Waals surface area contributed by atoms with E-state index in [0.29, 0.717) is 0 Å². The van der Waals surface area contributed by atoms with E-state index in [2.05, 4.69) is 15.1 Å². The average molecular weight is 449 g/mol. The Morgan fingerprint density at radius 3 is 2.23 bits per heavy atom. The standard InChI is InChI=1S/C17H12F6N4O2S/c18-16(19,20)12-3-1-11(2-4-12)15-25-14(9-30(28)29)27(26-15)8-10-5-6-24-13(7-10)17(21,22)23/h1-7H,8-9H2,(H,28,29)/p-1. The van der Waals surface area contributed by atoms with Crippen molar-refractivity contribution in [1.82, 2.24) is 19.7 Å². The molecule has 1 atom stereocenters. The number of rotatable bonds is 5. The Morgan fingerprint density at radius 1 is 1.00 bits per heavy atom. The van der Waals surface area contributed by atoms with E-state index in [0.717, 1.165) is 41.2 Å². The van der Waals surface area contributed by atoms with Gasteiger partial charge in [0.15, 0.2) is 5.82 Å². The maximum Gasteiger partial charge on any atom is 0.433 e. The molecule has 0 spiro atoms. The van der Waals surface area contributed by atoms with Gasteiger partial charge in [-0.3, -0.25) is 9.19 Å². The maximum absolute atomic E-state index is 12.8. The third kappa shape index (κ3) is 5.21. The van der Waals surface area contributed by atoms with E-state index in [4.69, 9.17) is 0 Å². The number of benzene rings is 1. The van der Waals surface area contributed by atoms with Crippen LogP contribution in [0, 0.1) is 0 Å². The molecule has 3 aromatic rings. The second-order valence-corrected chi connectivity index (χ2v) is 6.98. The van der Waals surface area contributed by atoms with Crippen LogP contribution in [0.1, 0.15) is 22.6 Å². The van der Waals surface area contributed by atoms with Crippen molar-refractivity contribution < 1.29 is 35.1 Å². The van der Waals surface area contributed by atoms with Crippen LogP contribution in [0.5, 0.6) is 0 Å². The van der Waals surface area contributed by atoms with Gasteiger partial charge >= 0.3 is 12.4 Å². The number of alkyl halides is 6. The number of hydrogen-bond donors (Lipinski definition) is 0. The summed E-state index contributed by atoms with van der Waals surface area (Å²) in [4.78, 5) is 7.26. The fourth-order valence-corrected chi connectivity index (χ4v) is 2.97. The lowest BCUT2D eigenvalue weighted by atomic mass is 10.1. The van der Waals surface area contributed by atoms with Gasteiger partial charge in [-0.25, -0.2) is 9.67 Å². The lowest BCUT2D eigenvalue weighted by Gasteiger charge is -2.10. The van der Waals surface area contributed by atoms with Gasteiger partial charge in [-0.15, -0.1) is 0 Å². The number of hydrogen-bond acceptors (Lipinski definition) is 5. The SMILES string of the molecule is O=S([O-])Cc1nc(-c2ccc(C(F)(F)F)cc2)nn1Cc1ccnc(C(F)(F)F)c1. The molecule has 2 heterocycles. The Morgan fingerprint density at radius 2 is 1.67 bits per heavy atom. The first-order valence-electron chi connectivity index (χ1n) is 8.13. The van der Waals surface area contributed by atoms with Gasteiger partial charge in [0.1, 0.15) is 11.5 Å². The van der Waals surface area contributed by atoms with Crippen LogP contribution in [-0.4, -0.2) is 28.5 Å². The topological polar surface area (TPSA) is 83.7 Å². The molecule has 0 aliphatic heterocycles. The average Bonchev–Trinajstić information content (AvgIpc) is 3.02. The molecule has 0 aliphatic rings. The van der Waals surface area contributed by atoms with Crippen LogP contribution in [0.15, 0.2) is 42.6 Å². The molecule has 2 aromatic heterocycles. The first-order valence-corrected chi connectivity index (χ1v) is 9.37. The lowest BCUT2D eigenvalue weighted by molar-refractivity contribution is -0.141. The van der Waals surface area contributed by atoms with Crippen molar-refractivity contribution in [2.24, 2.45) is 0 Å². The van der Waals surface area contributed by atoms with Crippen LogP contribution in [0.3, 0.4) is 0 Å². The molecule has 0 bridgehead atoms. The van der Waals surface area contributed by atoms with E-state index in [1.54, 1.807) is 0 Å². The summed E-state index contributed by atoms with van der Waals surface area (Å²) in [5.74, 6) is -0.719. The third-order valence-electron chi connectivity index (χ3n) is 3.91. The Balaban J connectivity index is 1.95. The number of nitrogens with zero attached hydrogens (tertiary/aromatic N) is 4. The molecular formula is C17H11F6N4O2S-. The summed E-state index contributed by atoms with van der Waals surface area (Å²) in [6, 6.07) is 5.97. The van der Waals surface area contributed by atoms with E-state index >= 15 is 0 Å². The molecule has 0 N–H and O–H groups in total. The van der Waals surface area contributed by atoms with Crippen LogP contribution < -0.4 is 0 Å².